The van der Waals surface area contributed by atoms with Crippen LogP contribution in [0.2, 0.25) is 0 Å². The van der Waals surface area contributed by atoms with Gasteiger partial charge in [0.25, 0.3) is 0 Å². The second-order valence-electron chi connectivity index (χ2n) is 6.62. The van der Waals surface area contributed by atoms with Crippen LogP contribution in [0.15, 0.2) is 60.3 Å². The minimum Gasteiger partial charge on any atom is -0.435 e. The molecule has 26 heavy (non-hydrogen) atoms. The van der Waals surface area contributed by atoms with Crippen molar-refractivity contribution in [1.29, 1.82) is 0 Å². The molecule has 0 aliphatic carbocycles. The lowest BCUT2D eigenvalue weighted by molar-refractivity contribution is -0.0498. The third-order valence-corrected chi connectivity index (χ3v) is 4.78. The average Bonchev–Trinajstić information content (AvgIpc) is 2.78. The summed E-state index contributed by atoms with van der Waals surface area (Å²) in [6.07, 6.45) is 1.94. The van der Waals surface area contributed by atoms with E-state index >= 15 is 0 Å². The first-order valence-electron chi connectivity index (χ1n) is 8.20. The number of nitrogens with zero attached hydrogens (tertiary/aromatic N) is 1. The van der Waals surface area contributed by atoms with Gasteiger partial charge in [-0.25, -0.2) is 0 Å². The molecule has 3 rings (SSSR count). The van der Waals surface area contributed by atoms with Gasteiger partial charge in [-0.05, 0) is 42.0 Å². The predicted molar refractivity (Wildman–Crippen MR) is 105 cm³/mol. The molecule has 0 unspecified atom stereocenters. The molecule has 1 aliphatic rings. The number of likely N-dealkylation sites (N-methyl/N-ethyl adjacent to an activating group) is 1. The number of fused-ring (bicyclic) bond motifs is 1. The summed E-state index contributed by atoms with van der Waals surface area (Å²) in [6, 6.07) is 14.5. The molecular weight excluding hydrogens is 354 g/mol. The molecule has 0 fully saturated rings. The number of ether oxygens (including phenoxy) is 1. The van der Waals surface area contributed by atoms with Gasteiger partial charge < -0.3 is 15.0 Å². The molecule has 1 aliphatic heterocycles. The first-order chi connectivity index (χ1) is 12.3. The van der Waals surface area contributed by atoms with Crippen molar-refractivity contribution in [2.75, 3.05) is 17.3 Å². The van der Waals surface area contributed by atoms with Crippen molar-refractivity contribution in [2.45, 2.75) is 25.9 Å². The van der Waals surface area contributed by atoms with E-state index in [1.54, 1.807) is 12.1 Å². The highest BCUT2D eigenvalue weighted by molar-refractivity contribution is 7.81. The van der Waals surface area contributed by atoms with E-state index < -0.39 is 6.61 Å². The van der Waals surface area contributed by atoms with E-state index in [4.69, 9.17) is 12.2 Å². The van der Waals surface area contributed by atoms with Gasteiger partial charge in [-0.2, -0.15) is 8.78 Å². The number of para-hydroxylation sites is 1. The Labute approximate surface area is 157 Å². The average molecular weight is 374 g/mol. The fraction of sp³-hybridized carbons (Fsp3) is 0.250. The fourth-order valence-corrected chi connectivity index (χ4v) is 3.51. The maximum Gasteiger partial charge on any atom is 0.387 e. The summed E-state index contributed by atoms with van der Waals surface area (Å²) in [7, 11) is 2.03. The maximum absolute atomic E-state index is 12.2. The molecule has 0 amide bonds. The van der Waals surface area contributed by atoms with E-state index in [0.29, 0.717) is 10.7 Å². The molecule has 0 atom stereocenters. The van der Waals surface area contributed by atoms with Crippen LogP contribution in [0.3, 0.4) is 0 Å². The van der Waals surface area contributed by atoms with Crippen LogP contribution in [0.1, 0.15) is 19.4 Å². The van der Waals surface area contributed by atoms with Gasteiger partial charge in [-0.1, -0.05) is 44.3 Å². The zero-order valence-electron chi connectivity index (χ0n) is 14.8. The van der Waals surface area contributed by atoms with Gasteiger partial charge in [0.05, 0.1) is 0 Å². The van der Waals surface area contributed by atoms with Gasteiger partial charge in [0.15, 0.2) is 0 Å². The largest absolute Gasteiger partial charge is 0.435 e. The third-order valence-electron chi connectivity index (χ3n) is 4.56. The summed E-state index contributed by atoms with van der Waals surface area (Å²) in [4.78, 5) is 2.69. The molecule has 0 spiro atoms. The Kier molecular flexibility index (Phi) is 4.96. The monoisotopic (exact) mass is 374 g/mol. The molecule has 0 radical (unpaired) electrons. The Balaban J connectivity index is 1.77. The Morgan fingerprint density at radius 3 is 2.42 bits per heavy atom. The van der Waals surface area contributed by atoms with Crippen LogP contribution >= 0.6 is 12.2 Å². The van der Waals surface area contributed by atoms with Gasteiger partial charge in [0, 0.05) is 29.5 Å². The third kappa shape index (κ3) is 3.55. The number of allylic oxidation sites excluding steroid dienone is 1. The van der Waals surface area contributed by atoms with Crippen LogP contribution in [-0.2, 0) is 5.41 Å². The lowest BCUT2D eigenvalue weighted by Crippen LogP contribution is -2.24. The number of rotatable bonds is 4. The quantitative estimate of drug-likeness (QED) is 0.577. The van der Waals surface area contributed by atoms with Crippen molar-refractivity contribution >= 4 is 28.6 Å². The highest BCUT2D eigenvalue weighted by Gasteiger charge is 2.38. The smallest absolute Gasteiger partial charge is 0.387 e. The fourth-order valence-electron chi connectivity index (χ4n) is 3.28. The van der Waals surface area contributed by atoms with Crippen LogP contribution in [0.4, 0.5) is 20.2 Å². The molecule has 3 nitrogen and oxygen atoms in total. The second kappa shape index (κ2) is 7.03. The number of benzene rings is 2. The molecule has 2 aromatic carbocycles. The molecule has 6 heteroatoms. The Hall–Kier alpha value is -2.47. The van der Waals surface area contributed by atoms with Crippen LogP contribution in [0.5, 0.6) is 5.75 Å². The highest BCUT2D eigenvalue weighted by atomic mass is 32.1. The van der Waals surface area contributed by atoms with Crippen molar-refractivity contribution < 1.29 is 13.5 Å². The van der Waals surface area contributed by atoms with E-state index in [2.05, 4.69) is 40.9 Å². The van der Waals surface area contributed by atoms with E-state index in [1.807, 2.05) is 25.3 Å². The number of nitrogens with one attached hydrogen (secondary N) is 1. The van der Waals surface area contributed by atoms with Crippen LogP contribution in [0.25, 0.3) is 0 Å². The topological polar surface area (TPSA) is 24.5 Å². The summed E-state index contributed by atoms with van der Waals surface area (Å²) in [5, 5.41) is 3.12. The molecular formula is C20H20F2N2OS. The molecule has 1 N–H and O–H groups in total. The van der Waals surface area contributed by atoms with Crippen molar-refractivity contribution in [2.24, 2.45) is 0 Å². The maximum atomic E-state index is 12.2. The zero-order valence-corrected chi connectivity index (χ0v) is 15.6. The molecule has 1 heterocycles. The van der Waals surface area contributed by atoms with E-state index in [0.717, 1.165) is 5.70 Å². The number of thiocarbonyl (C=S) groups is 1. The van der Waals surface area contributed by atoms with E-state index in [1.165, 1.54) is 23.4 Å². The SMILES string of the molecule is CN1/C(=C/C(=S)Nc2ccc(OC(F)F)cc2)C(C)(C)c2ccccc21. The Morgan fingerprint density at radius 1 is 1.15 bits per heavy atom. The lowest BCUT2D eigenvalue weighted by atomic mass is 9.84. The summed E-state index contributed by atoms with van der Waals surface area (Å²) in [5.41, 5.74) is 4.06. The molecule has 0 saturated heterocycles. The predicted octanol–water partition coefficient (Wildman–Crippen LogP) is 5.34. The number of halogens is 2. The summed E-state index contributed by atoms with van der Waals surface area (Å²) in [6.45, 7) is 1.50. The highest BCUT2D eigenvalue weighted by Crippen LogP contribution is 2.46. The lowest BCUT2D eigenvalue weighted by Gasteiger charge is -2.24. The number of hydrogen-bond acceptors (Lipinski definition) is 3. The number of hydrogen-bond donors (Lipinski definition) is 1. The van der Waals surface area contributed by atoms with E-state index in [-0.39, 0.29) is 11.2 Å². The normalized spacial score (nSPS) is 16.7. The van der Waals surface area contributed by atoms with Crippen molar-refractivity contribution in [3.05, 3.63) is 65.9 Å². The number of alkyl halides is 2. The molecule has 0 aromatic heterocycles. The zero-order chi connectivity index (χ0) is 18.9. The van der Waals surface area contributed by atoms with E-state index in [9.17, 15) is 8.78 Å². The van der Waals surface area contributed by atoms with Crippen LogP contribution < -0.4 is 15.0 Å². The second-order valence-corrected chi connectivity index (χ2v) is 7.06. The Morgan fingerprint density at radius 2 is 1.81 bits per heavy atom. The van der Waals surface area contributed by atoms with Crippen molar-refractivity contribution in [3.8, 4) is 5.75 Å². The van der Waals surface area contributed by atoms with Crippen LogP contribution in [-0.4, -0.2) is 18.6 Å². The minimum atomic E-state index is -2.83. The van der Waals surface area contributed by atoms with Gasteiger partial charge in [0.1, 0.15) is 10.7 Å². The van der Waals surface area contributed by atoms with Gasteiger partial charge in [-0.3, -0.25) is 0 Å². The van der Waals surface area contributed by atoms with Gasteiger partial charge >= 0.3 is 6.61 Å². The molecule has 0 saturated carbocycles. The van der Waals surface area contributed by atoms with Gasteiger partial charge in [-0.15, -0.1) is 0 Å². The first kappa shape index (κ1) is 18.3. The molecule has 0 bridgehead atoms. The summed E-state index contributed by atoms with van der Waals surface area (Å²) in [5.74, 6) is 0.113. The Bertz CT molecular complexity index is 847. The van der Waals surface area contributed by atoms with Crippen LogP contribution in [0, 0.1) is 0 Å². The van der Waals surface area contributed by atoms with Crippen molar-refractivity contribution in [3.63, 3.8) is 0 Å². The van der Waals surface area contributed by atoms with Crippen molar-refractivity contribution in [1.82, 2.24) is 0 Å². The number of anilines is 2. The summed E-state index contributed by atoms with van der Waals surface area (Å²) >= 11 is 5.48. The van der Waals surface area contributed by atoms with Gasteiger partial charge in [0.2, 0.25) is 0 Å². The minimum absolute atomic E-state index is 0.113. The molecule has 2 aromatic rings. The summed E-state index contributed by atoms with van der Waals surface area (Å²) < 4.78 is 28.8. The molecule has 136 valence electrons. The first-order valence-corrected chi connectivity index (χ1v) is 8.61. The standard InChI is InChI=1S/C20H20F2N2OS/c1-20(2)15-6-4-5-7-16(15)24(3)17(20)12-18(26)23-13-8-10-14(11-9-13)25-19(21)22/h4-12,19H,1-3H3,(H,23,26)/b17-12+.